The van der Waals surface area contributed by atoms with Crippen LogP contribution in [0.1, 0.15) is 29.8 Å². The predicted octanol–water partition coefficient (Wildman–Crippen LogP) is 2.45. The van der Waals surface area contributed by atoms with Crippen LogP contribution >= 0.6 is 36.4 Å². The molecular formula is C12H18Cl3N3O. The smallest absolute Gasteiger partial charge is 0.269 e. The fraction of sp³-hybridized carbons (Fsp3) is 0.500. The molecule has 0 saturated carbocycles. The lowest BCUT2D eigenvalue weighted by Gasteiger charge is -2.10. The summed E-state index contributed by atoms with van der Waals surface area (Å²) in [5, 5.41) is 6.79. The second-order valence-corrected chi connectivity index (χ2v) is 4.64. The predicted molar refractivity (Wildman–Crippen MR) is 81.7 cm³/mol. The zero-order valence-corrected chi connectivity index (χ0v) is 12.8. The number of nitrogens with one attached hydrogen (secondary N) is 2. The number of rotatable bonds is 4. The maximum Gasteiger partial charge on any atom is 0.269 e. The van der Waals surface area contributed by atoms with Crippen molar-refractivity contribution in [2.45, 2.75) is 25.3 Å². The Bertz CT molecular complexity index is 380. The average Bonchev–Trinajstić information content (AvgIpc) is 2.83. The lowest BCUT2D eigenvalue weighted by Crippen LogP contribution is -2.30. The van der Waals surface area contributed by atoms with Gasteiger partial charge in [-0.25, -0.2) is 4.98 Å². The van der Waals surface area contributed by atoms with Crippen molar-refractivity contribution in [3.63, 3.8) is 0 Å². The molecule has 1 fully saturated rings. The minimum Gasteiger partial charge on any atom is -0.351 e. The topological polar surface area (TPSA) is 54.0 Å². The van der Waals surface area contributed by atoms with Gasteiger partial charge in [0.1, 0.15) is 5.69 Å². The fourth-order valence-corrected chi connectivity index (χ4v) is 2.08. The van der Waals surface area contributed by atoms with E-state index >= 15 is 0 Å². The zero-order chi connectivity index (χ0) is 12.1. The lowest BCUT2D eigenvalue weighted by molar-refractivity contribution is 0.0947. The molecule has 1 aromatic rings. The highest BCUT2D eigenvalue weighted by Gasteiger charge is 2.14. The highest BCUT2D eigenvalue weighted by molar-refractivity contribution is 6.30. The largest absolute Gasteiger partial charge is 0.351 e. The fourth-order valence-electron chi connectivity index (χ4n) is 1.96. The SMILES string of the molecule is Cl.Cl.O=C(NCC[C@H]1CCCN1)c1ccc(Cl)cn1. The van der Waals surface area contributed by atoms with E-state index in [1.165, 1.54) is 19.0 Å². The van der Waals surface area contributed by atoms with E-state index in [1.54, 1.807) is 12.1 Å². The monoisotopic (exact) mass is 325 g/mol. The Morgan fingerprint density at radius 3 is 2.84 bits per heavy atom. The van der Waals surface area contributed by atoms with E-state index in [2.05, 4.69) is 15.6 Å². The van der Waals surface area contributed by atoms with Crippen LogP contribution in [0.25, 0.3) is 0 Å². The molecule has 19 heavy (non-hydrogen) atoms. The van der Waals surface area contributed by atoms with Gasteiger partial charge in [-0.15, -0.1) is 24.8 Å². The Hall–Kier alpha value is -0.550. The summed E-state index contributed by atoms with van der Waals surface area (Å²) in [5.41, 5.74) is 0.411. The molecule has 1 amide bonds. The van der Waals surface area contributed by atoms with Crippen LogP contribution in [0.3, 0.4) is 0 Å². The van der Waals surface area contributed by atoms with Crippen molar-refractivity contribution in [2.24, 2.45) is 0 Å². The van der Waals surface area contributed by atoms with E-state index in [9.17, 15) is 4.79 Å². The molecule has 2 N–H and O–H groups in total. The van der Waals surface area contributed by atoms with Crippen molar-refractivity contribution in [1.29, 1.82) is 0 Å². The molecule has 0 unspecified atom stereocenters. The molecule has 0 spiro atoms. The van der Waals surface area contributed by atoms with Gasteiger partial charge in [0, 0.05) is 18.8 Å². The summed E-state index contributed by atoms with van der Waals surface area (Å²) in [4.78, 5) is 15.7. The Labute approximate surface area is 130 Å². The summed E-state index contributed by atoms with van der Waals surface area (Å²) in [7, 11) is 0. The number of halogens is 3. The van der Waals surface area contributed by atoms with Gasteiger partial charge >= 0.3 is 0 Å². The molecule has 0 bridgehead atoms. The molecule has 2 rings (SSSR count). The molecule has 108 valence electrons. The van der Waals surface area contributed by atoms with Gasteiger partial charge in [0.05, 0.1) is 5.02 Å². The first-order valence-corrected chi connectivity index (χ1v) is 6.26. The standard InChI is InChI=1S/C12H16ClN3O.2ClH/c13-9-3-4-11(16-8-9)12(17)15-7-5-10-2-1-6-14-10;;/h3-4,8,10,14H,1-2,5-7H2,(H,15,17);2*1H/t10-;;/m1../s1. The minimum atomic E-state index is -0.139. The van der Waals surface area contributed by atoms with E-state index in [0.717, 1.165) is 13.0 Å². The first-order valence-electron chi connectivity index (χ1n) is 5.89. The maximum absolute atomic E-state index is 11.7. The van der Waals surface area contributed by atoms with Crippen molar-refractivity contribution in [3.05, 3.63) is 29.0 Å². The Kier molecular flexibility index (Phi) is 9.10. The van der Waals surface area contributed by atoms with E-state index in [-0.39, 0.29) is 30.7 Å². The van der Waals surface area contributed by atoms with Crippen molar-refractivity contribution in [3.8, 4) is 0 Å². The minimum absolute atomic E-state index is 0. The number of aromatic nitrogens is 1. The first kappa shape index (κ1) is 18.4. The Morgan fingerprint density at radius 1 is 1.47 bits per heavy atom. The number of hydrogen-bond acceptors (Lipinski definition) is 3. The normalized spacial score (nSPS) is 17.2. The van der Waals surface area contributed by atoms with Gasteiger partial charge < -0.3 is 10.6 Å². The number of pyridine rings is 1. The quantitative estimate of drug-likeness (QED) is 0.893. The molecule has 1 atom stereocenters. The second kappa shape index (κ2) is 9.37. The van der Waals surface area contributed by atoms with Gasteiger partial charge in [0.15, 0.2) is 0 Å². The lowest BCUT2D eigenvalue weighted by atomic mass is 10.1. The van der Waals surface area contributed by atoms with E-state index in [4.69, 9.17) is 11.6 Å². The highest BCUT2D eigenvalue weighted by atomic mass is 35.5. The first-order chi connectivity index (χ1) is 8.25. The van der Waals surface area contributed by atoms with Crippen LogP contribution in [-0.2, 0) is 0 Å². The third-order valence-corrected chi connectivity index (χ3v) is 3.12. The van der Waals surface area contributed by atoms with Crippen LogP contribution in [0.4, 0.5) is 0 Å². The molecule has 0 aliphatic carbocycles. The molecule has 2 heterocycles. The van der Waals surface area contributed by atoms with Crippen LogP contribution in [0.2, 0.25) is 5.02 Å². The Morgan fingerprint density at radius 2 is 2.26 bits per heavy atom. The zero-order valence-electron chi connectivity index (χ0n) is 10.4. The summed E-state index contributed by atoms with van der Waals surface area (Å²) >= 11 is 5.70. The Balaban J connectivity index is 0.00000162. The second-order valence-electron chi connectivity index (χ2n) is 4.20. The molecular weight excluding hydrogens is 309 g/mol. The van der Waals surface area contributed by atoms with Gasteiger partial charge in [-0.1, -0.05) is 11.6 Å². The third-order valence-electron chi connectivity index (χ3n) is 2.90. The summed E-state index contributed by atoms with van der Waals surface area (Å²) < 4.78 is 0. The number of hydrogen-bond donors (Lipinski definition) is 2. The summed E-state index contributed by atoms with van der Waals surface area (Å²) in [6.07, 6.45) is 4.89. The molecule has 1 aliphatic rings. The summed E-state index contributed by atoms with van der Waals surface area (Å²) in [6.45, 7) is 1.78. The molecule has 1 aromatic heterocycles. The van der Waals surface area contributed by atoms with Gasteiger partial charge in [-0.3, -0.25) is 4.79 Å². The van der Waals surface area contributed by atoms with E-state index < -0.39 is 0 Å². The van der Waals surface area contributed by atoms with Crippen LogP contribution in [0.5, 0.6) is 0 Å². The number of carbonyl (C=O) groups excluding carboxylic acids is 1. The molecule has 1 saturated heterocycles. The average molecular weight is 327 g/mol. The van der Waals surface area contributed by atoms with Crippen LogP contribution in [-0.4, -0.2) is 30.0 Å². The van der Waals surface area contributed by atoms with Gasteiger partial charge in [0.25, 0.3) is 5.91 Å². The van der Waals surface area contributed by atoms with Crippen molar-refractivity contribution >= 4 is 42.3 Å². The molecule has 1 aliphatic heterocycles. The number of amides is 1. The molecule has 0 aromatic carbocycles. The summed E-state index contributed by atoms with van der Waals surface area (Å²) in [6, 6.07) is 3.85. The van der Waals surface area contributed by atoms with Gasteiger partial charge in [-0.05, 0) is 37.9 Å². The highest BCUT2D eigenvalue weighted by Crippen LogP contribution is 2.08. The maximum atomic E-state index is 11.7. The van der Waals surface area contributed by atoms with Crippen LogP contribution in [0.15, 0.2) is 18.3 Å². The van der Waals surface area contributed by atoms with Crippen LogP contribution in [0, 0.1) is 0 Å². The van der Waals surface area contributed by atoms with Crippen molar-refractivity contribution in [1.82, 2.24) is 15.6 Å². The van der Waals surface area contributed by atoms with Gasteiger partial charge in [-0.2, -0.15) is 0 Å². The van der Waals surface area contributed by atoms with Crippen molar-refractivity contribution in [2.75, 3.05) is 13.1 Å². The number of nitrogens with zero attached hydrogens (tertiary/aromatic N) is 1. The van der Waals surface area contributed by atoms with Crippen LogP contribution < -0.4 is 10.6 Å². The van der Waals surface area contributed by atoms with E-state index in [0.29, 0.717) is 23.3 Å². The number of carbonyl (C=O) groups is 1. The third kappa shape index (κ3) is 5.95. The molecule has 7 heteroatoms. The summed E-state index contributed by atoms with van der Waals surface area (Å²) in [5.74, 6) is -0.139. The molecule has 0 radical (unpaired) electrons. The van der Waals surface area contributed by atoms with E-state index in [1.807, 2.05) is 0 Å². The van der Waals surface area contributed by atoms with Crippen molar-refractivity contribution < 1.29 is 4.79 Å². The molecule has 4 nitrogen and oxygen atoms in total. The van der Waals surface area contributed by atoms with Gasteiger partial charge in [0.2, 0.25) is 0 Å².